The predicted molar refractivity (Wildman–Crippen MR) is 61.3 cm³/mol. The van der Waals surface area contributed by atoms with Crippen LogP contribution in [0.3, 0.4) is 0 Å². The van der Waals surface area contributed by atoms with Gasteiger partial charge >= 0.3 is 0 Å². The van der Waals surface area contributed by atoms with Crippen LogP contribution in [0.1, 0.15) is 31.8 Å². The van der Waals surface area contributed by atoms with Crippen molar-refractivity contribution in [1.29, 1.82) is 0 Å². The number of allylic oxidation sites excluding steroid dienone is 2. The molecule has 0 saturated heterocycles. The monoisotopic (exact) mass is 232 g/mol. The number of hydrogen-bond donors (Lipinski definition) is 1. The number of aryl methyl sites for hydroxylation is 1. The van der Waals surface area contributed by atoms with Crippen LogP contribution in [-0.2, 0) is 4.74 Å². The average Bonchev–Trinajstić information content (AvgIpc) is 2.30. The van der Waals surface area contributed by atoms with Crippen molar-refractivity contribution < 1.29 is 19.4 Å². The number of Topliss-reactive ketones (excluding diaryl/α,β-unsaturated/α-hetero) is 1. The van der Waals surface area contributed by atoms with Crippen LogP contribution in [0.15, 0.2) is 17.9 Å². The summed E-state index contributed by atoms with van der Waals surface area (Å²) in [5.41, 5.74) is 1.65. The van der Waals surface area contributed by atoms with E-state index < -0.39 is 5.78 Å². The summed E-state index contributed by atoms with van der Waals surface area (Å²) in [6, 6.07) is 1.61. The van der Waals surface area contributed by atoms with E-state index in [1.54, 1.807) is 19.9 Å². The fourth-order valence-corrected chi connectivity index (χ4v) is 1.87. The topological polar surface area (TPSA) is 63.6 Å². The molecule has 1 N–H and O–H groups in total. The number of ketones is 2. The summed E-state index contributed by atoms with van der Waals surface area (Å²) in [5.74, 6) is -0.896. The summed E-state index contributed by atoms with van der Waals surface area (Å²) in [7, 11) is 1.34. The Kier molecular flexibility index (Phi) is 2.50. The summed E-state index contributed by atoms with van der Waals surface area (Å²) in [4.78, 5) is 23.8. The standard InChI is InChI=1S/C13H12O4/c1-6-4-8-11(12(15)7(6)2)9(14)5-10(17-3)13(8)16/h4-5,15H,1-3H3. The third kappa shape index (κ3) is 1.53. The van der Waals surface area contributed by atoms with Gasteiger partial charge in [0, 0.05) is 11.6 Å². The second-order valence-corrected chi connectivity index (χ2v) is 4.00. The van der Waals surface area contributed by atoms with E-state index in [-0.39, 0.29) is 28.4 Å². The summed E-state index contributed by atoms with van der Waals surface area (Å²) < 4.78 is 4.85. The SMILES string of the molecule is COC1=CC(=O)c2c(cc(C)c(C)c2O)C1=O. The largest absolute Gasteiger partial charge is 0.507 e. The number of phenolic OH excluding ortho intramolecular Hbond substituents is 1. The highest BCUT2D eigenvalue weighted by molar-refractivity contribution is 6.25. The smallest absolute Gasteiger partial charge is 0.228 e. The van der Waals surface area contributed by atoms with Crippen molar-refractivity contribution in [3.8, 4) is 5.75 Å². The number of hydrogen-bond acceptors (Lipinski definition) is 4. The fraction of sp³-hybridized carbons (Fsp3) is 0.231. The minimum atomic E-state index is -0.406. The molecule has 0 bridgehead atoms. The number of rotatable bonds is 1. The van der Waals surface area contributed by atoms with Crippen LogP contribution in [0.4, 0.5) is 0 Å². The fourth-order valence-electron chi connectivity index (χ4n) is 1.87. The summed E-state index contributed by atoms with van der Waals surface area (Å²) in [6.45, 7) is 3.48. The normalized spacial score (nSPS) is 14.4. The van der Waals surface area contributed by atoms with Crippen LogP contribution in [0.2, 0.25) is 0 Å². The van der Waals surface area contributed by atoms with Gasteiger partial charge in [-0.1, -0.05) is 0 Å². The molecule has 0 unspecified atom stereocenters. The third-order valence-corrected chi connectivity index (χ3v) is 3.01. The van der Waals surface area contributed by atoms with E-state index >= 15 is 0 Å². The molecule has 0 saturated carbocycles. The van der Waals surface area contributed by atoms with Crippen LogP contribution in [0.5, 0.6) is 5.75 Å². The van der Waals surface area contributed by atoms with Gasteiger partial charge in [0.15, 0.2) is 11.5 Å². The van der Waals surface area contributed by atoms with Gasteiger partial charge in [-0.15, -0.1) is 0 Å². The summed E-state index contributed by atoms with van der Waals surface area (Å²) in [6.07, 6.45) is 1.11. The van der Waals surface area contributed by atoms with E-state index in [2.05, 4.69) is 0 Å². The number of carbonyl (C=O) groups is 2. The molecule has 88 valence electrons. The molecule has 0 aromatic heterocycles. The van der Waals surface area contributed by atoms with Crippen LogP contribution in [0.25, 0.3) is 0 Å². The first kappa shape index (κ1) is 11.4. The van der Waals surface area contributed by atoms with Crippen molar-refractivity contribution in [2.45, 2.75) is 13.8 Å². The van der Waals surface area contributed by atoms with Gasteiger partial charge in [-0.25, -0.2) is 0 Å². The van der Waals surface area contributed by atoms with Crippen molar-refractivity contribution in [2.24, 2.45) is 0 Å². The average molecular weight is 232 g/mol. The van der Waals surface area contributed by atoms with E-state index in [1.807, 2.05) is 0 Å². The first-order chi connectivity index (χ1) is 7.97. The number of ether oxygens (including phenoxy) is 1. The first-order valence-corrected chi connectivity index (χ1v) is 5.15. The van der Waals surface area contributed by atoms with Gasteiger partial charge in [-0.05, 0) is 31.0 Å². The number of aromatic hydroxyl groups is 1. The number of benzene rings is 1. The molecule has 0 heterocycles. The van der Waals surface area contributed by atoms with E-state index in [0.29, 0.717) is 5.56 Å². The number of fused-ring (bicyclic) bond motifs is 1. The van der Waals surface area contributed by atoms with Crippen LogP contribution in [0, 0.1) is 13.8 Å². The lowest BCUT2D eigenvalue weighted by Crippen LogP contribution is -2.19. The van der Waals surface area contributed by atoms with Gasteiger partial charge in [-0.3, -0.25) is 9.59 Å². The predicted octanol–water partition coefficient (Wildman–Crippen LogP) is 1.92. The molecule has 1 aromatic carbocycles. The Morgan fingerprint density at radius 1 is 1.24 bits per heavy atom. The Bertz CT molecular complexity index is 567. The summed E-state index contributed by atoms with van der Waals surface area (Å²) in [5, 5.41) is 9.93. The van der Waals surface area contributed by atoms with E-state index in [1.165, 1.54) is 7.11 Å². The van der Waals surface area contributed by atoms with Crippen molar-refractivity contribution in [2.75, 3.05) is 7.11 Å². The lowest BCUT2D eigenvalue weighted by atomic mass is 9.89. The molecule has 4 heteroatoms. The molecule has 4 nitrogen and oxygen atoms in total. The molecule has 17 heavy (non-hydrogen) atoms. The van der Waals surface area contributed by atoms with E-state index in [9.17, 15) is 14.7 Å². The van der Waals surface area contributed by atoms with Crippen molar-refractivity contribution in [1.82, 2.24) is 0 Å². The first-order valence-electron chi connectivity index (χ1n) is 5.15. The molecule has 0 amide bonds. The van der Waals surface area contributed by atoms with Crippen LogP contribution >= 0.6 is 0 Å². The molecule has 0 atom stereocenters. The van der Waals surface area contributed by atoms with Gasteiger partial charge in [-0.2, -0.15) is 0 Å². The Morgan fingerprint density at radius 2 is 1.88 bits per heavy atom. The Balaban J connectivity index is 2.76. The maximum Gasteiger partial charge on any atom is 0.228 e. The Labute approximate surface area is 98.5 Å². The van der Waals surface area contributed by atoms with Gasteiger partial charge < -0.3 is 9.84 Å². The van der Waals surface area contributed by atoms with Gasteiger partial charge in [0.1, 0.15) is 5.75 Å². The highest BCUT2D eigenvalue weighted by Crippen LogP contribution is 2.33. The molecule has 0 fully saturated rings. The number of phenols is 1. The molecule has 0 aliphatic heterocycles. The van der Waals surface area contributed by atoms with Crippen LogP contribution in [-0.4, -0.2) is 23.8 Å². The van der Waals surface area contributed by atoms with Gasteiger partial charge in [0.25, 0.3) is 0 Å². The van der Waals surface area contributed by atoms with Gasteiger partial charge in [0.2, 0.25) is 5.78 Å². The molecule has 2 rings (SSSR count). The van der Waals surface area contributed by atoms with E-state index in [0.717, 1.165) is 11.6 Å². The van der Waals surface area contributed by atoms with Gasteiger partial charge in [0.05, 0.1) is 12.7 Å². The molecule has 1 aliphatic rings. The molecule has 1 aliphatic carbocycles. The second-order valence-electron chi connectivity index (χ2n) is 4.00. The molecular formula is C13H12O4. The zero-order valence-corrected chi connectivity index (χ0v) is 9.83. The Morgan fingerprint density at radius 3 is 2.47 bits per heavy atom. The minimum Gasteiger partial charge on any atom is -0.507 e. The van der Waals surface area contributed by atoms with Crippen molar-refractivity contribution in [3.63, 3.8) is 0 Å². The maximum absolute atomic E-state index is 12.0. The molecular weight excluding hydrogens is 220 g/mol. The van der Waals surface area contributed by atoms with Crippen molar-refractivity contribution in [3.05, 3.63) is 40.2 Å². The van der Waals surface area contributed by atoms with Crippen LogP contribution < -0.4 is 0 Å². The molecule has 0 spiro atoms. The number of methoxy groups -OCH3 is 1. The lowest BCUT2D eigenvalue weighted by Gasteiger charge is -2.17. The quantitative estimate of drug-likeness (QED) is 0.803. The maximum atomic E-state index is 12.0. The highest BCUT2D eigenvalue weighted by atomic mass is 16.5. The highest BCUT2D eigenvalue weighted by Gasteiger charge is 2.30. The third-order valence-electron chi connectivity index (χ3n) is 3.01. The molecule has 1 aromatic rings. The minimum absolute atomic E-state index is 0.00477. The number of carbonyl (C=O) groups excluding carboxylic acids is 2. The summed E-state index contributed by atoms with van der Waals surface area (Å²) >= 11 is 0. The zero-order chi connectivity index (χ0) is 12.7. The molecule has 0 radical (unpaired) electrons. The van der Waals surface area contributed by atoms with E-state index in [4.69, 9.17) is 4.74 Å². The Hall–Kier alpha value is -2.10. The zero-order valence-electron chi connectivity index (χ0n) is 9.83. The second kappa shape index (κ2) is 3.73. The lowest BCUT2D eigenvalue weighted by molar-refractivity contribution is 0.0915. The van der Waals surface area contributed by atoms with Crippen molar-refractivity contribution >= 4 is 11.6 Å².